The molecule has 0 spiro atoms. The summed E-state index contributed by atoms with van der Waals surface area (Å²) in [4.78, 5) is 32.2. The summed E-state index contributed by atoms with van der Waals surface area (Å²) in [5.74, 6) is 0.185. The van der Waals surface area contributed by atoms with Crippen molar-refractivity contribution in [3.05, 3.63) is 57.1 Å². The molecule has 8 nitrogen and oxygen atoms in total. The Hall–Kier alpha value is -2.75. The van der Waals surface area contributed by atoms with Gasteiger partial charge in [0.05, 0.1) is 27.3 Å². The first-order valence-electron chi connectivity index (χ1n) is 9.16. The highest BCUT2D eigenvalue weighted by Crippen LogP contribution is 2.35. The van der Waals surface area contributed by atoms with Crippen molar-refractivity contribution in [1.29, 1.82) is 0 Å². The summed E-state index contributed by atoms with van der Waals surface area (Å²) >= 11 is 7.58. The number of methoxy groups -OCH3 is 1. The molecule has 0 fully saturated rings. The molecule has 0 atom stereocenters. The van der Waals surface area contributed by atoms with Crippen LogP contribution >= 0.6 is 22.9 Å². The number of ether oxygens (including phenoxy) is 1. The molecule has 2 aromatic carbocycles. The first-order valence-corrected chi connectivity index (χ1v) is 10.4. The molecule has 3 aromatic rings. The van der Waals surface area contributed by atoms with Crippen molar-refractivity contribution in [2.45, 2.75) is 6.42 Å². The van der Waals surface area contributed by atoms with E-state index < -0.39 is 10.8 Å². The van der Waals surface area contributed by atoms with Gasteiger partial charge in [-0.25, -0.2) is 4.98 Å². The monoisotopic (exact) mass is 448 g/mol. The standard InChI is InChI=1S/C20H21ClN4O4S/c1-23(2)10-5-11-24(19(26)14-12-13(25(27)28)8-9-15(14)21)20-22-18-16(29-3)6-4-7-17(18)30-20/h4,6-9,12H,5,10-11H2,1-3H3. The summed E-state index contributed by atoms with van der Waals surface area (Å²) in [5, 5.41) is 11.8. The highest BCUT2D eigenvalue weighted by atomic mass is 35.5. The molecule has 3 rings (SSSR count). The van der Waals surface area contributed by atoms with E-state index in [0.29, 0.717) is 29.4 Å². The van der Waals surface area contributed by atoms with Crippen LogP contribution in [0.25, 0.3) is 10.2 Å². The quantitative estimate of drug-likeness (QED) is 0.373. The van der Waals surface area contributed by atoms with Crippen LogP contribution < -0.4 is 9.64 Å². The van der Waals surface area contributed by atoms with E-state index in [1.54, 1.807) is 7.11 Å². The van der Waals surface area contributed by atoms with Crippen LogP contribution in [-0.2, 0) is 0 Å². The molecule has 0 N–H and O–H groups in total. The number of aromatic nitrogens is 1. The van der Waals surface area contributed by atoms with Gasteiger partial charge in [0.1, 0.15) is 11.3 Å². The minimum absolute atomic E-state index is 0.0712. The number of nitrogens with zero attached hydrogens (tertiary/aromatic N) is 4. The number of carbonyl (C=O) groups is 1. The smallest absolute Gasteiger partial charge is 0.270 e. The van der Waals surface area contributed by atoms with Gasteiger partial charge >= 0.3 is 0 Å². The number of anilines is 1. The number of fused-ring (bicyclic) bond motifs is 1. The number of nitro groups is 1. The first-order chi connectivity index (χ1) is 14.3. The molecular weight excluding hydrogens is 428 g/mol. The van der Waals surface area contributed by atoms with Gasteiger partial charge in [0, 0.05) is 18.7 Å². The van der Waals surface area contributed by atoms with Crippen LogP contribution in [0.15, 0.2) is 36.4 Å². The van der Waals surface area contributed by atoms with Crippen molar-refractivity contribution >= 4 is 49.9 Å². The average Bonchev–Trinajstić information content (AvgIpc) is 3.14. The lowest BCUT2D eigenvalue weighted by molar-refractivity contribution is -0.384. The number of benzene rings is 2. The molecule has 0 saturated carbocycles. The Bertz CT molecular complexity index is 1090. The Kier molecular flexibility index (Phi) is 6.86. The van der Waals surface area contributed by atoms with Gasteiger partial charge in [-0.2, -0.15) is 0 Å². The van der Waals surface area contributed by atoms with Gasteiger partial charge in [-0.15, -0.1) is 0 Å². The van der Waals surface area contributed by atoms with Crippen LogP contribution in [0, 0.1) is 10.1 Å². The predicted molar refractivity (Wildman–Crippen MR) is 119 cm³/mol. The lowest BCUT2D eigenvalue weighted by Crippen LogP contribution is -2.33. The van der Waals surface area contributed by atoms with Gasteiger partial charge < -0.3 is 9.64 Å². The molecule has 0 radical (unpaired) electrons. The maximum atomic E-state index is 13.4. The van der Waals surface area contributed by atoms with E-state index in [9.17, 15) is 14.9 Å². The molecular formula is C20H21ClN4O4S. The maximum absolute atomic E-state index is 13.4. The normalized spacial score (nSPS) is 11.1. The lowest BCUT2D eigenvalue weighted by atomic mass is 10.1. The zero-order valence-electron chi connectivity index (χ0n) is 16.8. The topological polar surface area (TPSA) is 88.8 Å². The fourth-order valence-electron chi connectivity index (χ4n) is 2.96. The molecule has 0 aliphatic heterocycles. The van der Waals surface area contributed by atoms with Crippen LogP contribution in [0.1, 0.15) is 16.8 Å². The molecule has 30 heavy (non-hydrogen) atoms. The summed E-state index contributed by atoms with van der Waals surface area (Å²) in [6.07, 6.45) is 0.693. The molecule has 1 aromatic heterocycles. The number of thiazole rings is 1. The van der Waals surface area contributed by atoms with Gasteiger partial charge in [0.2, 0.25) is 0 Å². The van der Waals surface area contributed by atoms with Crippen molar-refractivity contribution < 1.29 is 14.5 Å². The van der Waals surface area contributed by atoms with Gasteiger partial charge in [-0.1, -0.05) is 29.0 Å². The second kappa shape index (κ2) is 9.38. The number of rotatable bonds is 8. The Morgan fingerprint density at radius 3 is 2.70 bits per heavy atom. The van der Waals surface area contributed by atoms with Crippen LogP contribution in [0.3, 0.4) is 0 Å². The number of non-ortho nitro benzene ring substituents is 1. The number of amides is 1. The van der Waals surface area contributed by atoms with E-state index in [4.69, 9.17) is 16.3 Å². The van der Waals surface area contributed by atoms with Crippen molar-refractivity contribution in [1.82, 2.24) is 9.88 Å². The van der Waals surface area contributed by atoms with Crippen LogP contribution in [0.5, 0.6) is 5.75 Å². The third kappa shape index (κ3) is 4.69. The van der Waals surface area contributed by atoms with Gasteiger partial charge in [0.25, 0.3) is 11.6 Å². The highest BCUT2D eigenvalue weighted by molar-refractivity contribution is 7.22. The minimum Gasteiger partial charge on any atom is -0.494 e. The Balaban J connectivity index is 2.04. The van der Waals surface area contributed by atoms with E-state index in [0.717, 1.165) is 11.2 Å². The summed E-state index contributed by atoms with van der Waals surface area (Å²) in [6.45, 7) is 1.15. The van der Waals surface area contributed by atoms with E-state index in [2.05, 4.69) is 4.98 Å². The predicted octanol–water partition coefficient (Wildman–Crippen LogP) is 4.47. The van der Waals surface area contributed by atoms with E-state index in [1.165, 1.54) is 34.4 Å². The molecule has 0 bridgehead atoms. The first kappa shape index (κ1) is 21.9. The van der Waals surface area contributed by atoms with Crippen molar-refractivity contribution in [2.75, 3.05) is 39.2 Å². The van der Waals surface area contributed by atoms with Crippen LogP contribution in [0.2, 0.25) is 5.02 Å². The van der Waals surface area contributed by atoms with E-state index in [1.807, 2.05) is 37.2 Å². The van der Waals surface area contributed by atoms with Crippen molar-refractivity contribution in [3.8, 4) is 5.75 Å². The van der Waals surface area contributed by atoms with Gasteiger partial charge in [-0.3, -0.25) is 19.8 Å². The number of para-hydroxylation sites is 1. The third-order valence-electron chi connectivity index (χ3n) is 4.44. The second-order valence-corrected chi connectivity index (χ2v) is 8.25. The molecule has 0 saturated heterocycles. The third-order valence-corrected chi connectivity index (χ3v) is 5.82. The van der Waals surface area contributed by atoms with Gasteiger partial charge in [-0.05, 0) is 45.3 Å². The molecule has 1 amide bonds. The average molecular weight is 449 g/mol. The van der Waals surface area contributed by atoms with Crippen LogP contribution in [0.4, 0.5) is 10.8 Å². The SMILES string of the molecule is COc1cccc2sc(N(CCCN(C)C)C(=O)c3cc([N+](=O)[O-])ccc3Cl)nc12. The Morgan fingerprint density at radius 1 is 1.27 bits per heavy atom. The summed E-state index contributed by atoms with van der Waals surface area (Å²) in [5.41, 5.74) is 0.541. The second-order valence-electron chi connectivity index (χ2n) is 6.84. The van der Waals surface area contributed by atoms with E-state index >= 15 is 0 Å². The summed E-state index contributed by atoms with van der Waals surface area (Å²) in [6, 6.07) is 9.42. The fraction of sp³-hybridized carbons (Fsp3) is 0.300. The summed E-state index contributed by atoms with van der Waals surface area (Å²) in [7, 11) is 5.47. The fourth-order valence-corrected chi connectivity index (χ4v) is 4.16. The number of nitro benzene ring substituents is 1. The Morgan fingerprint density at radius 2 is 2.03 bits per heavy atom. The minimum atomic E-state index is -0.550. The van der Waals surface area contributed by atoms with Crippen LogP contribution in [-0.4, -0.2) is 55.0 Å². The molecule has 10 heteroatoms. The Labute approximate surface area is 182 Å². The molecule has 1 heterocycles. The highest BCUT2D eigenvalue weighted by Gasteiger charge is 2.25. The number of hydrogen-bond donors (Lipinski definition) is 0. The number of hydrogen-bond acceptors (Lipinski definition) is 7. The lowest BCUT2D eigenvalue weighted by Gasteiger charge is -2.21. The molecule has 0 aliphatic rings. The van der Waals surface area contributed by atoms with E-state index in [-0.39, 0.29) is 16.3 Å². The summed E-state index contributed by atoms with van der Waals surface area (Å²) < 4.78 is 6.25. The zero-order chi connectivity index (χ0) is 21.8. The molecule has 0 unspecified atom stereocenters. The number of halogens is 1. The van der Waals surface area contributed by atoms with Crippen molar-refractivity contribution in [3.63, 3.8) is 0 Å². The molecule has 0 aliphatic carbocycles. The molecule has 158 valence electrons. The largest absolute Gasteiger partial charge is 0.494 e. The van der Waals surface area contributed by atoms with Gasteiger partial charge in [0.15, 0.2) is 5.13 Å². The zero-order valence-corrected chi connectivity index (χ0v) is 18.4. The number of carbonyl (C=O) groups excluding carboxylic acids is 1. The maximum Gasteiger partial charge on any atom is 0.270 e. The van der Waals surface area contributed by atoms with Crippen molar-refractivity contribution in [2.24, 2.45) is 0 Å².